The Labute approximate surface area is 150 Å². The van der Waals surface area contributed by atoms with Crippen LogP contribution in [0.5, 0.6) is 0 Å². The number of nitrogens with zero attached hydrogens (tertiary/aromatic N) is 3. The van der Waals surface area contributed by atoms with Gasteiger partial charge in [0.25, 0.3) is 0 Å². The summed E-state index contributed by atoms with van der Waals surface area (Å²) in [6.45, 7) is 1.93. The molecule has 1 atom stereocenters. The van der Waals surface area contributed by atoms with Gasteiger partial charge in [-0.1, -0.05) is 28.9 Å². The average Bonchev–Trinajstić information content (AvgIpc) is 3.10. The molecule has 0 bridgehead atoms. The lowest BCUT2D eigenvalue weighted by Crippen LogP contribution is -2.26. The zero-order chi connectivity index (χ0) is 17.6. The molecule has 2 aromatic heterocycles. The Hall–Kier alpha value is -2.73. The van der Waals surface area contributed by atoms with Gasteiger partial charge >= 0.3 is 0 Å². The Bertz CT molecular complexity index is 834. The monoisotopic (exact) mass is 356 g/mol. The third kappa shape index (κ3) is 4.64. The van der Waals surface area contributed by atoms with Gasteiger partial charge < -0.3 is 9.84 Å². The first-order valence-electron chi connectivity index (χ1n) is 7.89. The standard InChI is InChI=1S/C18H17ClN4O2/c1-12(13-2-4-15(19)5-3-13)21-16(24)6-7-17-22-18(23-25-17)14-8-10-20-11-9-14/h2-5,8-12H,6-7H2,1H3,(H,21,24). The highest BCUT2D eigenvalue weighted by atomic mass is 35.5. The van der Waals surface area contributed by atoms with Crippen LogP contribution in [0.3, 0.4) is 0 Å². The van der Waals surface area contributed by atoms with E-state index in [0.29, 0.717) is 23.2 Å². The summed E-state index contributed by atoms with van der Waals surface area (Å²) in [5.74, 6) is 0.847. The molecule has 0 aliphatic heterocycles. The molecule has 6 nitrogen and oxygen atoms in total. The maximum absolute atomic E-state index is 12.1. The van der Waals surface area contributed by atoms with E-state index in [1.165, 1.54) is 0 Å². The zero-order valence-corrected chi connectivity index (χ0v) is 14.4. The summed E-state index contributed by atoms with van der Waals surface area (Å²) < 4.78 is 5.20. The van der Waals surface area contributed by atoms with E-state index in [0.717, 1.165) is 11.1 Å². The van der Waals surface area contributed by atoms with Crippen LogP contribution < -0.4 is 5.32 Å². The van der Waals surface area contributed by atoms with E-state index >= 15 is 0 Å². The number of benzene rings is 1. The number of hydrogen-bond acceptors (Lipinski definition) is 5. The van der Waals surface area contributed by atoms with E-state index in [1.807, 2.05) is 19.1 Å². The maximum Gasteiger partial charge on any atom is 0.227 e. The number of amides is 1. The smallest absolute Gasteiger partial charge is 0.227 e. The van der Waals surface area contributed by atoms with Crippen molar-refractivity contribution in [3.05, 3.63) is 65.3 Å². The van der Waals surface area contributed by atoms with Crippen LogP contribution in [-0.4, -0.2) is 21.0 Å². The molecule has 1 unspecified atom stereocenters. The number of carbonyl (C=O) groups excluding carboxylic acids is 1. The second-order valence-corrected chi connectivity index (χ2v) is 6.02. The molecule has 3 rings (SSSR count). The van der Waals surface area contributed by atoms with Gasteiger partial charge in [-0.25, -0.2) is 0 Å². The summed E-state index contributed by atoms with van der Waals surface area (Å²) >= 11 is 5.87. The number of hydrogen-bond donors (Lipinski definition) is 1. The number of nitrogens with one attached hydrogen (secondary N) is 1. The third-order valence-electron chi connectivity index (χ3n) is 3.72. The summed E-state index contributed by atoms with van der Waals surface area (Å²) in [6.07, 6.45) is 3.99. The van der Waals surface area contributed by atoms with Crippen molar-refractivity contribution < 1.29 is 9.32 Å². The normalized spacial score (nSPS) is 11.9. The summed E-state index contributed by atoms with van der Waals surface area (Å²) in [6, 6.07) is 10.9. The Kier molecular flexibility index (Phi) is 5.40. The van der Waals surface area contributed by atoms with E-state index in [-0.39, 0.29) is 18.4 Å². The summed E-state index contributed by atoms with van der Waals surface area (Å²) in [5.41, 5.74) is 1.82. The average molecular weight is 357 g/mol. The van der Waals surface area contributed by atoms with Crippen molar-refractivity contribution in [3.8, 4) is 11.4 Å². The molecule has 128 valence electrons. The van der Waals surface area contributed by atoms with Gasteiger partial charge in [-0.05, 0) is 36.8 Å². The molecule has 0 fully saturated rings. The Morgan fingerprint density at radius 2 is 1.92 bits per heavy atom. The SMILES string of the molecule is CC(NC(=O)CCc1nc(-c2ccncc2)no1)c1ccc(Cl)cc1. The fourth-order valence-electron chi connectivity index (χ4n) is 2.34. The van der Waals surface area contributed by atoms with Crippen LogP contribution in [-0.2, 0) is 11.2 Å². The molecule has 0 aliphatic rings. The Morgan fingerprint density at radius 3 is 2.64 bits per heavy atom. The number of aryl methyl sites for hydroxylation is 1. The fraction of sp³-hybridized carbons (Fsp3) is 0.222. The number of rotatable bonds is 6. The quantitative estimate of drug-likeness (QED) is 0.729. The molecule has 0 saturated carbocycles. The molecular weight excluding hydrogens is 340 g/mol. The van der Waals surface area contributed by atoms with Crippen molar-refractivity contribution in [1.82, 2.24) is 20.4 Å². The molecule has 3 aromatic rings. The van der Waals surface area contributed by atoms with Crippen LogP contribution >= 0.6 is 11.6 Å². The highest BCUT2D eigenvalue weighted by Crippen LogP contribution is 2.17. The first kappa shape index (κ1) is 17.1. The first-order chi connectivity index (χ1) is 12.1. The van der Waals surface area contributed by atoms with Crippen molar-refractivity contribution in [2.24, 2.45) is 0 Å². The molecule has 7 heteroatoms. The van der Waals surface area contributed by atoms with E-state index in [9.17, 15) is 4.79 Å². The minimum Gasteiger partial charge on any atom is -0.350 e. The first-order valence-corrected chi connectivity index (χ1v) is 8.27. The number of halogens is 1. The van der Waals surface area contributed by atoms with Crippen molar-refractivity contribution in [2.75, 3.05) is 0 Å². The second-order valence-electron chi connectivity index (χ2n) is 5.59. The second kappa shape index (κ2) is 7.90. The lowest BCUT2D eigenvalue weighted by atomic mass is 10.1. The van der Waals surface area contributed by atoms with E-state index < -0.39 is 0 Å². The Balaban J connectivity index is 1.52. The van der Waals surface area contributed by atoms with Crippen LogP contribution in [0.4, 0.5) is 0 Å². The molecule has 1 amide bonds. The number of aromatic nitrogens is 3. The van der Waals surface area contributed by atoms with E-state index in [2.05, 4.69) is 20.4 Å². The van der Waals surface area contributed by atoms with Gasteiger partial charge in [-0.2, -0.15) is 4.98 Å². The van der Waals surface area contributed by atoms with Gasteiger partial charge in [0.2, 0.25) is 17.6 Å². The van der Waals surface area contributed by atoms with Crippen LogP contribution in [0.2, 0.25) is 5.02 Å². The predicted octanol–water partition coefficient (Wildman–Crippen LogP) is 3.60. The van der Waals surface area contributed by atoms with E-state index in [4.69, 9.17) is 16.1 Å². The molecule has 25 heavy (non-hydrogen) atoms. The summed E-state index contributed by atoms with van der Waals surface area (Å²) in [7, 11) is 0. The van der Waals surface area contributed by atoms with Gasteiger partial charge in [-0.15, -0.1) is 0 Å². The van der Waals surface area contributed by atoms with Crippen molar-refractivity contribution in [3.63, 3.8) is 0 Å². The molecule has 0 radical (unpaired) electrons. The lowest BCUT2D eigenvalue weighted by Gasteiger charge is -2.14. The minimum absolute atomic E-state index is 0.0777. The predicted molar refractivity (Wildman–Crippen MR) is 93.9 cm³/mol. The summed E-state index contributed by atoms with van der Waals surface area (Å²) in [4.78, 5) is 20.4. The highest BCUT2D eigenvalue weighted by Gasteiger charge is 2.13. The van der Waals surface area contributed by atoms with Gasteiger partial charge in [0.15, 0.2) is 0 Å². The zero-order valence-electron chi connectivity index (χ0n) is 13.6. The molecule has 0 aliphatic carbocycles. The molecule has 2 heterocycles. The number of pyridine rings is 1. The van der Waals surface area contributed by atoms with Gasteiger partial charge in [0.1, 0.15) is 0 Å². The fourth-order valence-corrected chi connectivity index (χ4v) is 2.47. The van der Waals surface area contributed by atoms with Crippen molar-refractivity contribution in [1.29, 1.82) is 0 Å². The molecule has 0 spiro atoms. The van der Waals surface area contributed by atoms with Crippen LogP contribution in [0.15, 0.2) is 53.3 Å². The lowest BCUT2D eigenvalue weighted by molar-refractivity contribution is -0.121. The number of carbonyl (C=O) groups is 1. The molecular formula is C18H17ClN4O2. The summed E-state index contributed by atoms with van der Waals surface area (Å²) in [5, 5.41) is 7.54. The van der Waals surface area contributed by atoms with Crippen LogP contribution in [0, 0.1) is 0 Å². The Morgan fingerprint density at radius 1 is 1.20 bits per heavy atom. The van der Waals surface area contributed by atoms with E-state index in [1.54, 1.807) is 36.7 Å². The molecule has 0 saturated heterocycles. The van der Waals surface area contributed by atoms with Gasteiger partial charge in [-0.3, -0.25) is 9.78 Å². The van der Waals surface area contributed by atoms with Crippen molar-refractivity contribution in [2.45, 2.75) is 25.8 Å². The van der Waals surface area contributed by atoms with Gasteiger partial charge in [0.05, 0.1) is 6.04 Å². The molecule has 1 N–H and O–H groups in total. The maximum atomic E-state index is 12.1. The van der Waals surface area contributed by atoms with Crippen LogP contribution in [0.25, 0.3) is 11.4 Å². The minimum atomic E-state index is -0.0974. The highest BCUT2D eigenvalue weighted by molar-refractivity contribution is 6.30. The van der Waals surface area contributed by atoms with Crippen molar-refractivity contribution >= 4 is 17.5 Å². The topological polar surface area (TPSA) is 80.9 Å². The van der Waals surface area contributed by atoms with Gasteiger partial charge in [0, 0.05) is 35.8 Å². The third-order valence-corrected chi connectivity index (χ3v) is 3.97. The largest absolute Gasteiger partial charge is 0.350 e. The molecule has 1 aromatic carbocycles. The van der Waals surface area contributed by atoms with Crippen LogP contribution in [0.1, 0.15) is 30.8 Å².